The van der Waals surface area contributed by atoms with Gasteiger partial charge in [0.25, 0.3) is 0 Å². The average molecular weight is 207 g/mol. The minimum absolute atomic E-state index is 0.0246. The van der Waals surface area contributed by atoms with Crippen LogP contribution >= 0.6 is 0 Å². The van der Waals surface area contributed by atoms with Crippen LogP contribution in [0.4, 0.5) is 0 Å². The minimum atomic E-state index is -2.53. The molecule has 2 unspecified atom stereocenters. The maximum absolute atomic E-state index is 5.85. The van der Waals surface area contributed by atoms with E-state index in [-0.39, 0.29) is 11.6 Å². The van der Waals surface area contributed by atoms with Crippen molar-refractivity contribution in [2.24, 2.45) is 5.73 Å². The monoisotopic (exact) mass is 207 g/mol. The van der Waals surface area contributed by atoms with Crippen molar-refractivity contribution in [3.8, 4) is 0 Å². The first-order chi connectivity index (χ1) is 6.07. The lowest BCUT2D eigenvalue weighted by atomic mass is 10.2. The largest absolute Gasteiger partial charge is 0.504 e. The molecule has 0 rings (SSSR count). The van der Waals surface area contributed by atoms with Crippen LogP contribution in [0.2, 0.25) is 5.54 Å². The van der Waals surface area contributed by atoms with Crippen molar-refractivity contribution < 1.29 is 13.3 Å². The Bertz CT molecular complexity index is 131. The Hall–Kier alpha value is 0.0569. The fraction of sp³-hybridized carbons (Fsp3) is 1.00. The Morgan fingerprint density at radius 2 is 1.54 bits per heavy atom. The highest BCUT2D eigenvalue weighted by molar-refractivity contribution is 6.62. The van der Waals surface area contributed by atoms with Crippen LogP contribution in [0.15, 0.2) is 0 Å². The van der Waals surface area contributed by atoms with Gasteiger partial charge in [-0.05, 0) is 13.3 Å². The predicted octanol–water partition coefficient (Wildman–Crippen LogP) is 0.992. The van der Waals surface area contributed by atoms with E-state index in [2.05, 4.69) is 6.92 Å². The van der Waals surface area contributed by atoms with Crippen LogP contribution in [-0.2, 0) is 13.3 Å². The smallest absolute Gasteiger partial charge is 0.377 e. The fourth-order valence-electron chi connectivity index (χ4n) is 1.65. The highest BCUT2D eigenvalue weighted by Crippen LogP contribution is 2.29. The molecule has 0 aliphatic heterocycles. The van der Waals surface area contributed by atoms with Gasteiger partial charge < -0.3 is 19.0 Å². The van der Waals surface area contributed by atoms with Gasteiger partial charge in [-0.15, -0.1) is 0 Å². The molecule has 0 aromatic carbocycles. The summed E-state index contributed by atoms with van der Waals surface area (Å²) >= 11 is 0. The zero-order valence-corrected chi connectivity index (χ0v) is 10.2. The molecule has 4 nitrogen and oxygen atoms in total. The zero-order valence-electron chi connectivity index (χ0n) is 9.16. The van der Waals surface area contributed by atoms with Gasteiger partial charge in [-0.2, -0.15) is 0 Å². The second-order valence-electron chi connectivity index (χ2n) is 3.09. The molecule has 13 heavy (non-hydrogen) atoms. The van der Waals surface area contributed by atoms with Crippen LogP contribution in [0, 0.1) is 0 Å². The summed E-state index contributed by atoms with van der Waals surface area (Å²) < 4.78 is 16.1. The topological polar surface area (TPSA) is 53.7 Å². The highest BCUT2D eigenvalue weighted by atomic mass is 28.4. The van der Waals surface area contributed by atoms with E-state index in [0.29, 0.717) is 0 Å². The van der Waals surface area contributed by atoms with E-state index >= 15 is 0 Å². The van der Waals surface area contributed by atoms with Gasteiger partial charge in [-0.1, -0.05) is 6.92 Å². The minimum Gasteiger partial charge on any atom is -0.377 e. The van der Waals surface area contributed by atoms with Gasteiger partial charge >= 0.3 is 8.80 Å². The molecule has 2 N–H and O–H groups in total. The molecule has 2 atom stereocenters. The van der Waals surface area contributed by atoms with E-state index < -0.39 is 8.80 Å². The number of hydrogen-bond donors (Lipinski definition) is 1. The van der Waals surface area contributed by atoms with Crippen molar-refractivity contribution in [2.45, 2.75) is 31.9 Å². The fourth-order valence-corrected chi connectivity index (χ4v) is 4.20. The summed E-state index contributed by atoms with van der Waals surface area (Å²) in [4.78, 5) is 0. The van der Waals surface area contributed by atoms with Crippen LogP contribution in [0.1, 0.15) is 20.3 Å². The van der Waals surface area contributed by atoms with Gasteiger partial charge in [0, 0.05) is 32.9 Å². The van der Waals surface area contributed by atoms with E-state index in [1.165, 1.54) is 0 Å². The molecule has 0 saturated carbocycles. The summed E-state index contributed by atoms with van der Waals surface area (Å²) in [6, 6.07) is 0.0246. The van der Waals surface area contributed by atoms with Gasteiger partial charge in [-0.25, -0.2) is 0 Å². The molecule has 0 aromatic rings. The molecule has 0 amide bonds. The summed E-state index contributed by atoms with van der Waals surface area (Å²) in [6.07, 6.45) is 0.902. The van der Waals surface area contributed by atoms with Crippen LogP contribution in [0.5, 0.6) is 0 Å². The Morgan fingerprint density at radius 3 is 1.62 bits per heavy atom. The Kier molecular flexibility index (Phi) is 5.74. The normalized spacial score (nSPS) is 17.1. The standard InChI is InChI=1S/C8H21NO3Si/c1-6-8(7(2)9)13(10-3,11-4)12-5/h7-8H,6,9H2,1-5H3. The molecule has 0 heterocycles. The van der Waals surface area contributed by atoms with E-state index in [4.69, 9.17) is 19.0 Å². The number of nitrogens with two attached hydrogens (primary N) is 1. The molecule has 0 saturated heterocycles. The van der Waals surface area contributed by atoms with Crippen LogP contribution in [0.25, 0.3) is 0 Å². The Labute approximate surface area is 81.7 Å². The summed E-state index contributed by atoms with van der Waals surface area (Å²) in [6.45, 7) is 4.01. The molecular weight excluding hydrogens is 186 g/mol. The zero-order chi connectivity index (χ0) is 10.5. The van der Waals surface area contributed by atoms with Crippen molar-refractivity contribution in [1.29, 1.82) is 0 Å². The van der Waals surface area contributed by atoms with E-state index in [9.17, 15) is 0 Å². The van der Waals surface area contributed by atoms with Crippen LogP contribution in [-0.4, -0.2) is 36.2 Å². The molecule has 0 spiro atoms. The maximum atomic E-state index is 5.85. The lowest BCUT2D eigenvalue weighted by Gasteiger charge is -2.33. The molecular formula is C8H21NO3Si. The first kappa shape index (κ1) is 13.1. The molecule has 0 radical (unpaired) electrons. The lowest BCUT2D eigenvalue weighted by Crippen LogP contribution is -2.52. The third-order valence-electron chi connectivity index (χ3n) is 2.38. The molecule has 5 heteroatoms. The van der Waals surface area contributed by atoms with E-state index in [1.807, 2.05) is 6.92 Å². The number of hydrogen-bond acceptors (Lipinski definition) is 4. The first-order valence-electron chi connectivity index (χ1n) is 4.49. The molecule has 80 valence electrons. The highest BCUT2D eigenvalue weighted by Gasteiger charge is 2.47. The van der Waals surface area contributed by atoms with Gasteiger partial charge in [0.05, 0.1) is 0 Å². The Morgan fingerprint density at radius 1 is 1.15 bits per heavy atom. The van der Waals surface area contributed by atoms with Gasteiger partial charge in [-0.3, -0.25) is 0 Å². The predicted molar refractivity (Wildman–Crippen MR) is 54.5 cm³/mol. The quantitative estimate of drug-likeness (QED) is 0.660. The second kappa shape index (κ2) is 5.72. The third-order valence-corrected chi connectivity index (χ3v) is 5.93. The van der Waals surface area contributed by atoms with Crippen LogP contribution < -0.4 is 5.73 Å². The molecule has 0 bridgehead atoms. The summed E-state index contributed by atoms with van der Waals surface area (Å²) in [5.41, 5.74) is 6.01. The van der Waals surface area contributed by atoms with Crippen molar-refractivity contribution in [1.82, 2.24) is 0 Å². The van der Waals surface area contributed by atoms with E-state index in [0.717, 1.165) is 6.42 Å². The second-order valence-corrected chi connectivity index (χ2v) is 6.26. The average Bonchev–Trinajstić information content (AvgIpc) is 2.13. The maximum Gasteiger partial charge on any atom is 0.504 e. The molecule has 0 fully saturated rings. The van der Waals surface area contributed by atoms with Gasteiger partial charge in [0.2, 0.25) is 0 Å². The molecule has 0 aromatic heterocycles. The number of rotatable bonds is 6. The summed E-state index contributed by atoms with van der Waals surface area (Å²) in [7, 11) is 2.31. The van der Waals surface area contributed by atoms with E-state index in [1.54, 1.807) is 21.3 Å². The van der Waals surface area contributed by atoms with Crippen LogP contribution in [0.3, 0.4) is 0 Å². The van der Waals surface area contributed by atoms with Crippen molar-refractivity contribution in [3.05, 3.63) is 0 Å². The van der Waals surface area contributed by atoms with Gasteiger partial charge in [0.15, 0.2) is 0 Å². The van der Waals surface area contributed by atoms with Gasteiger partial charge in [0.1, 0.15) is 0 Å². The first-order valence-corrected chi connectivity index (χ1v) is 6.29. The van der Waals surface area contributed by atoms with Crippen molar-refractivity contribution in [3.63, 3.8) is 0 Å². The molecule has 0 aliphatic rings. The lowest BCUT2D eigenvalue weighted by molar-refractivity contribution is 0.107. The summed E-state index contributed by atoms with van der Waals surface area (Å²) in [5, 5.41) is 0. The van der Waals surface area contributed by atoms with Crippen molar-refractivity contribution >= 4 is 8.80 Å². The SMILES string of the molecule is CCC(C(C)N)[Si](OC)(OC)OC. The summed E-state index contributed by atoms with van der Waals surface area (Å²) in [5.74, 6) is 0. The van der Waals surface area contributed by atoms with Crippen molar-refractivity contribution in [2.75, 3.05) is 21.3 Å². The molecule has 0 aliphatic carbocycles. The third kappa shape index (κ3) is 2.75. The Balaban J connectivity index is 4.65.